The van der Waals surface area contributed by atoms with Gasteiger partial charge in [0, 0.05) is 19.0 Å². The van der Waals surface area contributed by atoms with Crippen molar-refractivity contribution >= 4 is 5.91 Å². The third kappa shape index (κ3) is 4.39. The van der Waals surface area contributed by atoms with E-state index in [2.05, 4.69) is 10.3 Å². The molecule has 1 N–H and O–H groups in total. The van der Waals surface area contributed by atoms with Crippen LogP contribution in [0.3, 0.4) is 0 Å². The third-order valence-electron chi connectivity index (χ3n) is 3.22. The molecule has 1 amide bonds. The van der Waals surface area contributed by atoms with E-state index < -0.39 is 0 Å². The molecule has 1 heterocycles. The van der Waals surface area contributed by atoms with Gasteiger partial charge in [-0.2, -0.15) is 0 Å². The number of hydrogen-bond donors (Lipinski definition) is 1. The standard InChI is InChI=1S/C17H20N2O2/c1-3-21-12-17(20)19-13(2)14-6-8-15(9-7-14)16-5-4-10-18-11-16/h4-11,13H,3,12H2,1-2H3,(H,19,20). The van der Waals surface area contributed by atoms with Gasteiger partial charge in [0.1, 0.15) is 6.61 Å². The molecule has 0 spiro atoms. The summed E-state index contributed by atoms with van der Waals surface area (Å²) in [6, 6.07) is 12.0. The average Bonchev–Trinajstić information content (AvgIpc) is 2.54. The first-order chi connectivity index (χ1) is 10.2. The van der Waals surface area contributed by atoms with Crippen molar-refractivity contribution in [2.45, 2.75) is 19.9 Å². The van der Waals surface area contributed by atoms with Crippen LogP contribution in [0.4, 0.5) is 0 Å². The van der Waals surface area contributed by atoms with Gasteiger partial charge in [-0.05, 0) is 36.6 Å². The summed E-state index contributed by atoms with van der Waals surface area (Å²) in [5.74, 6) is -0.0966. The van der Waals surface area contributed by atoms with Gasteiger partial charge in [0.05, 0.1) is 6.04 Å². The van der Waals surface area contributed by atoms with Crippen molar-refractivity contribution in [1.82, 2.24) is 10.3 Å². The minimum atomic E-state index is -0.0966. The first kappa shape index (κ1) is 15.2. The molecule has 2 rings (SSSR count). The Bertz CT molecular complexity index is 567. The largest absolute Gasteiger partial charge is 0.372 e. The molecule has 0 aliphatic carbocycles. The van der Waals surface area contributed by atoms with Crippen LogP contribution in [0.1, 0.15) is 25.5 Å². The van der Waals surface area contributed by atoms with Crippen LogP contribution in [0, 0.1) is 0 Å². The van der Waals surface area contributed by atoms with E-state index in [0.717, 1.165) is 16.7 Å². The van der Waals surface area contributed by atoms with E-state index in [1.165, 1.54) is 0 Å². The molecule has 0 bridgehead atoms. The topological polar surface area (TPSA) is 51.2 Å². The second kappa shape index (κ2) is 7.55. The molecule has 1 unspecified atom stereocenters. The van der Waals surface area contributed by atoms with Crippen LogP contribution in [0.25, 0.3) is 11.1 Å². The highest BCUT2D eigenvalue weighted by atomic mass is 16.5. The normalized spacial score (nSPS) is 11.9. The van der Waals surface area contributed by atoms with Crippen LogP contribution in [-0.2, 0) is 9.53 Å². The second-order valence-corrected chi connectivity index (χ2v) is 4.79. The summed E-state index contributed by atoms with van der Waals surface area (Å²) in [5, 5.41) is 2.91. The van der Waals surface area contributed by atoms with Crippen molar-refractivity contribution in [3.63, 3.8) is 0 Å². The molecule has 4 nitrogen and oxygen atoms in total. The highest BCUT2D eigenvalue weighted by Crippen LogP contribution is 2.21. The van der Waals surface area contributed by atoms with Gasteiger partial charge >= 0.3 is 0 Å². The number of benzene rings is 1. The molecular formula is C17H20N2O2. The highest BCUT2D eigenvalue weighted by Gasteiger charge is 2.09. The van der Waals surface area contributed by atoms with Crippen molar-refractivity contribution in [2.75, 3.05) is 13.2 Å². The first-order valence-corrected chi connectivity index (χ1v) is 7.08. The predicted octanol–water partition coefficient (Wildman–Crippen LogP) is 2.96. The summed E-state index contributed by atoms with van der Waals surface area (Å²) in [7, 11) is 0. The van der Waals surface area contributed by atoms with E-state index in [1.54, 1.807) is 6.20 Å². The monoisotopic (exact) mass is 284 g/mol. The molecule has 1 aromatic carbocycles. The summed E-state index contributed by atoms with van der Waals surface area (Å²) < 4.78 is 5.09. The zero-order chi connectivity index (χ0) is 15.1. The Morgan fingerprint density at radius 2 is 2.00 bits per heavy atom. The Kier molecular flexibility index (Phi) is 5.46. The van der Waals surface area contributed by atoms with Gasteiger partial charge in [-0.15, -0.1) is 0 Å². The lowest BCUT2D eigenvalue weighted by atomic mass is 10.0. The Balaban J connectivity index is 2.00. The van der Waals surface area contributed by atoms with Gasteiger partial charge in [0.2, 0.25) is 5.91 Å². The molecule has 0 aliphatic heterocycles. The Labute approximate surface area is 125 Å². The van der Waals surface area contributed by atoms with Crippen molar-refractivity contribution in [3.8, 4) is 11.1 Å². The van der Waals surface area contributed by atoms with Crippen molar-refractivity contribution in [3.05, 3.63) is 54.4 Å². The zero-order valence-electron chi connectivity index (χ0n) is 12.4. The van der Waals surface area contributed by atoms with Crippen LogP contribution in [0.15, 0.2) is 48.8 Å². The van der Waals surface area contributed by atoms with Gasteiger partial charge in [0.15, 0.2) is 0 Å². The summed E-state index contributed by atoms with van der Waals surface area (Å²) in [6.07, 6.45) is 3.59. The number of amides is 1. The fraction of sp³-hybridized carbons (Fsp3) is 0.294. The van der Waals surface area contributed by atoms with Gasteiger partial charge in [-0.25, -0.2) is 0 Å². The molecular weight excluding hydrogens is 264 g/mol. The number of rotatable bonds is 6. The van der Waals surface area contributed by atoms with Crippen molar-refractivity contribution < 1.29 is 9.53 Å². The number of carbonyl (C=O) groups is 1. The molecule has 1 aromatic heterocycles. The summed E-state index contributed by atoms with van der Waals surface area (Å²) in [5.41, 5.74) is 3.25. The summed E-state index contributed by atoms with van der Waals surface area (Å²) >= 11 is 0. The highest BCUT2D eigenvalue weighted by molar-refractivity contribution is 5.77. The molecule has 0 aliphatic rings. The molecule has 0 saturated carbocycles. The minimum absolute atomic E-state index is 0.0408. The molecule has 2 aromatic rings. The Hall–Kier alpha value is -2.20. The Morgan fingerprint density at radius 3 is 2.62 bits per heavy atom. The molecule has 4 heteroatoms. The van der Waals surface area contributed by atoms with E-state index in [-0.39, 0.29) is 18.6 Å². The number of nitrogens with one attached hydrogen (secondary N) is 1. The third-order valence-corrected chi connectivity index (χ3v) is 3.22. The molecule has 0 fully saturated rings. The van der Waals surface area contributed by atoms with Crippen LogP contribution >= 0.6 is 0 Å². The SMILES string of the molecule is CCOCC(=O)NC(C)c1ccc(-c2cccnc2)cc1. The van der Waals surface area contributed by atoms with Crippen molar-refractivity contribution in [2.24, 2.45) is 0 Å². The number of ether oxygens (including phenoxy) is 1. The van der Waals surface area contributed by atoms with Gasteiger partial charge in [0.25, 0.3) is 0 Å². The maximum absolute atomic E-state index is 11.6. The lowest BCUT2D eigenvalue weighted by Crippen LogP contribution is -2.30. The predicted molar refractivity (Wildman–Crippen MR) is 82.7 cm³/mol. The summed E-state index contributed by atoms with van der Waals surface area (Å²) in [6.45, 7) is 4.48. The van der Waals surface area contributed by atoms with Crippen LogP contribution < -0.4 is 5.32 Å². The molecule has 21 heavy (non-hydrogen) atoms. The number of carbonyl (C=O) groups excluding carboxylic acids is 1. The van der Waals surface area contributed by atoms with Crippen LogP contribution in [0.2, 0.25) is 0 Å². The summed E-state index contributed by atoms with van der Waals surface area (Å²) in [4.78, 5) is 15.7. The maximum atomic E-state index is 11.6. The molecule has 0 saturated heterocycles. The van der Waals surface area contributed by atoms with Gasteiger partial charge in [-0.3, -0.25) is 9.78 Å². The van der Waals surface area contributed by atoms with Crippen LogP contribution in [-0.4, -0.2) is 24.1 Å². The fourth-order valence-electron chi connectivity index (χ4n) is 2.06. The zero-order valence-corrected chi connectivity index (χ0v) is 12.4. The maximum Gasteiger partial charge on any atom is 0.246 e. The van der Waals surface area contributed by atoms with E-state index in [0.29, 0.717) is 6.61 Å². The van der Waals surface area contributed by atoms with Crippen LogP contribution in [0.5, 0.6) is 0 Å². The van der Waals surface area contributed by atoms with E-state index in [4.69, 9.17) is 4.74 Å². The lowest BCUT2D eigenvalue weighted by molar-refractivity contribution is -0.126. The fourth-order valence-corrected chi connectivity index (χ4v) is 2.06. The molecule has 110 valence electrons. The van der Waals surface area contributed by atoms with E-state index >= 15 is 0 Å². The van der Waals surface area contributed by atoms with E-state index in [1.807, 2.05) is 56.4 Å². The second-order valence-electron chi connectivity index (χ2n) is 4.79. The average molecular weight is 284 g/mol. The molecule has 1 atom stereocenters. The van der Waals surface area contributed by atoms with E-state index in [9.17, 15) is 4.79 Å². The smallest absolute Gasteiger partial charge is 0.246 e. The van der Waals surface area contributed by atoms with Crippen molar-refractivity contribution in [1.29, 1.82) is 0 Å². The number of aromatic nitrogens is 1. The van der Waals surface area contributed by atoms with Gasteiger partial charge < -0.3 is 10.1 Å². The minimum Gasteiger partial charge on any atom is -0.372 e. The molecule has 0 radical (unpaired) electrons. The Morgan fingerprint density at radius 1 is 1.24 bits per heavy atom. The number of nitrogens with zero attached hydrogens (tertiary/aromatic N) is 1. The quantitative estimate of drug-likeness (QED) is 0.887. The number of pyridine rings is 1. The van der Waals surface area contributed by atoms with Gasteiger partial charge in [-0.1, -0.05) is 30.3 Å². The first-order valence-electron chi connectivity index (χ1n) is 7.08. The number of hydrogen-bond acceptors (Lipinski definition) is 3. The lowest BCUT2D eigenvalue weighted by Gasteiger charge is -2.15.